The second-order valence-corrected chi connectivity index (χ2v) is 8.02. The molecule has 0 spiro atoms. The maximum Gasteiger partial charge on any atom is 0.178 e. The van der Waals surface area contributed by atoms with Gasteiger partial charge in [0.1, 0.15) is 0 Å². The summed E-state index contributed by atoms with van der Waals surface area (Å²) in [6.07, 6.45) is 6.58. The summed E-state index contributed by atoms with van der Waals surface area (Å²) in [4.78, 5) is 12.8. The van der Waals surface area contributed by atoms with Crippen LogP contribution >= 0.6 is 11.6 Å². The first-order chi connectivity index (χ1) is 12.5. The molecule has 1 aromatic carbocycles. The van der Waals surface area contributed by atoms with Crippen molar-refractivity contribution in [3.05, 3.63) is 52.3 Å². The molecule has 0 unspecified atom stereocenters. The Kier molecular flexibility index (Phi) is 6.20. The van der Waals surface area contributed by atoms with Crippen molar-refractivity contribution in [3.63, 3.8) is 0 Å². The number of hydrogen-bond donors (Lipinski definition) is 1. The number of carbonyl (C=O) groups is 1. The summed E-state index contributed by atoms with van der Waals surface area (Å²) in [5.74, 6) is 0.874. The van der Waals surface area contributed by atoms with E-state index in [2.05, 4.69) is 16.8 Å². The van der Waals surface area contributed by atoms with Crippen molar-refractivity contribution in [3.8, 4) is 5.69 Å². The number of benzene rings is 1. The first-order valence-electron chi connectivity index (χ1n) is 9.69. The van der Waals surface area contributed by atoms with Crippen molar-refractivity contribution in [2.75, 3.05) is 6.54 Å². The lowest BCUT2D eigenvalue weighted by Gasteiger charge is -2.28. The van der Waals surface area contributed by atoms with Gasteiger partial charge in [-0.05, 0) is 69.9 Å². The first kappa shape index (κ1) is 19.2. The number of nitrogens with zero attached hydrogens (tertiary/aromatic N) is 1. The number of hydrogen-bond acceptors (Lipinski definition) is 2. The number of Topliss-reactive ketones (excluding diaryl/α,β-unsaturated/α-hetero) is 1. The third kappa shape index (κ3) is 4.21. The van der Waals surface area contributed by atoms with Crippen LogP contribution in [0.5, 0.6) is 0 Å². The van der Waals surface area contributed by atoms with Crippen molar-refractivity contribution < 1.29 is 4.79 Å². The lowest BCUT2D eigenvalue weighted by molar-refractivity contribution is 0.0982. The van der Waals surface area contributed by atoms with Gasteiger partial charge in [0, 0.05) is 33.7 Å². The smallest absolute Gasteiger partial charge is 0.178 e. The molecule has 1 saturated carbocycles. The van der Waals surface area contributed by atoms with Crippen molar-refractivity contribution in [2.24, 2.45) is 5.92 Å². The normalized spacial score (nSPS) is 16.6. The number of aromatic nitrogens is 1. The third-order valence-corrected chi connectivity index (χ3v) is 6.01. The van der Waals surface area contributed by atoms with Gasteiger partial charge in [-0.3, -0.25) is 4.79 Å². The molecule has 0 saturated heterocycles. The lowest BCUT2D eigenvalue weighted by Crippen LogP contribution is -2.37. The predicted molar refractivity (Wildman–Crippen MR) is 109 cm³/mol. The molecule has 3 nitrogen and oxygen atoms in total. The van der Waals surface area contributed by atoms with Crippen LogP contribution in [0.3, 0.4) is 0 Å². The van der Waals surface area contributed by atoms with E-state index in [1.165, 1.54) is 32.1 Å². The minimum Gasteiger partial charge on any atom is -0.318 e. The molecule has 0 bridgehead atoms. The monoisotopic (exact) mass is 372 g/mol. The highest BCUT2D eigenvalue weighted by Crippen LogP contribution is 2.26. The average molecular weight is 373 g/mol. The van der Waals surface area contributed by atoms with Gasteiger partial charge in [0.25, 0.3) is 0 Å². The average Bonchev–Trinajstić information content (AvgIpc) is 2.95. The van der Waals surface area contributed by atoms with Crippen LogP contribution in [0, 0.1) is 19.8 Å². The Labute approximate surface area is 161 Å². The van der Waals surface area contributed by atoms with Crippen LogP contribution in [0.25, 0.3) is 5.69 Å². The van der Waals surface area contributed by atoms with Gasteiger partial charge in [-0.15, -0.1) is 0 Å². The number of halogens is 1. The van der Waals surface area contributed by atoms with Gasteiger partial charge in [0.05, 0.1) is 6.54 Å². The summed E-state index contributed by atoms with van der Waals surface area (Å²) in [6, 6.07) is 10.1. The van der Waals surface area contributed by atoms with Crippen LogP contribution in [0.1, 0.15) is 60.8 Å². The summed E-state index contributed by atoms with van der Waals surface area (Å²) >= 11 is 6.00. The number of aryl methyl sites for hydroxylation is 1. The third-order valence-electron chi connectivity index (χ3n) is 5.76. The minimum atomic E-state index is 0.168. The molecule has 1 aliphatic rings. The van der Waals surface area contributed by atoms with Gasteiger partial charge in [0.15, 0.2) is 5.78 Å². The van der Waals surface area contributed by atoms with E-state index in [0.717, 1.165) is 22.6 Å². The minimum absolute atomic E-state index is 0.168. The highest BCUT2D eigenvalue weighted by Gasteiger charge is 2.22. The quantitative estimate of drug-likeness (QED) is 0.680. The summed E-state index contributed by atoms with van der Waals surface area (Å²) < 4.78 is 2.12. The molecule has 4 heteroatoms. The Bertz CT molecular complexity index is 757. The number of ketones is 1. The highest BCUT2D eigenvalue weighted by molar-refractivity contribution is 6.30. The summed E-state index contributed by atoms with van der Waals surface area (Å²) in [5, 5.41) is 4.19. The number of nitrogens with one attached hydrogen (secondary N) is 1. The van der Waals surface area contributed by atoms with Gasteiger partial charge < -0.3 is 9.88 Å². The fraction of sp³-hybridized carbons (Fsp3) is 0.500. The maximum atomic E-state index is 12.8. The second kappa shape index (κ2) is 8.41. The Morgan fingerprint density at radius 3 is 2.50 bits per heavy atom. The molecule has 0 radical (unpaired) electrons. The zero-order valence-electron chi connectivity index (χ0n) is 16.0. The molecule has 26 heavy (non-hydrogen) atoms. The van der Waals surface area contributed by atoms with Gasteiger partial charge in [0.2, 0.25) is 0 Å². The zero-order valence-corrected chi connectivity index (χ0v) is 16.8. The standard InChI is InChI=1S/C22H29ClN2O/c1-15-13-21(17(3)25(15)20-11-9-19(23)10-12-20)22(26)14-24-16(2)18-7-5-4-6-8-18/h9-13,16,18,24H,4-8,14H2,1-3H3/t16-/m1/s1. The molecule has 1 heterocycles. The first-order valence-corrected chi connectivity index (χ1v) is 10.1. The van der Waals surface area contributed by atoms with E-state index in [9.17, 15) is 4.79 Å². The molecular weight excluding hydrogens is 344 g/mol. The number of rotatable bonds is 6. The van der Waals surface area contributed by atoms with Crippen LogP contribution in [0.2, 0.25) is 5.02 Å². The van der Waals surface area contributed by atoms with Crippen LogP contribution in [0.4, 0.5) is 0 Å². The summed E-state index contributed by atoms with van der Waals surface area (Å²) in [7, 11) is 0. The topological polar surface area (TPSA) is 34.0 Å². The van der Waals surface area contributed by atoms with Gasteiger partial charge >= 0.3 is 0 Å². The highest BCUT2D eigenvalue weighted by atomic mass is 35.5. The van der Waals surface area contributed by atoms with E-state index in [4.69, 9.17) is 11.6 Å². The van der Waals surface area contributed by atoms with E-state index in [-0.39, 0.29) is 5.78 Å². The molecule has 1 atom stereocenters. The van der Waals surface area contributed by atoms with E-state index in [0.29, 0.717) is 23.5 Å². The fourth-order valence-electron chi connectivity index (χ4n) is 4.18. The summed E-state index contributed by atoms with van der Waals surface area (Å²) in [5.41, 5.74) is 3.89. The Morgan fingerprint density at radius 1 is 1.19 bits per heavy atom. The van der Waals surface area contributed by atoms with E-state index < -0.39 is 0 Å². The van der Waals surface area contributed by atoms with Crippen LogP contribution in [-0.2, 0) is 0 Å². The maximum absolute atomic E-state index is 12.8. The Balaban J connectivity index is 1.70. The van der Waals surface area contributed by atoms with Crippen LogP contribution in [-0.4, -0.2) is 22.9 Å². The lowest BCUT2D eigenvalue weighted by atomic mass is 9.84. The molecular formula is C22H29ClN2O. The van der Waals surface area contributed by atoms with Gasteiger partial charge in [-0.1, -0.05) is 30.9 Å². The van der Waals surface area contributed by atoms with Crippen molar-refractivity contribution in [2.45, 2.75) is 58.9 Å². The largest absolute Gasteiger partial charge is 0.318 e. The van der Waals surface area contributed by atoms with E-state index >= 15 is 0 Å². The van der Waals surface area contributed by atoms with E-state index in [1.54, 1.807) is 0 Å². The molecule has 1 aliphatic carbocycles. The SMILES string of the molecule is Cc1cc(C(=O)CN[C@H](C)C2CCCCC2)c(C)n1-c1ccc(Cl)cc1. The molecule has 0 amide bonds. The second-order valence-electron chi connectivity index (χ2n) is 7.59. The van der Waals surface area contributed by atoms with Crippen molar-refractivity contribution >= 4 is 17.4 Å². The molecule has 1 aromatic heterocycles. The predicted octanol–water partition coefficient (Wildman–Crippen LogP) is 5.49. The van der Waals surface area contributed by atoms with Crippen molar-refractivity contribution in [1.29, 1.82) is 0 Å². The van der Waals surface area contributed by atoms with Gasteiger partial charge in [-0.25, -0.2) is 0 Å². The molecule has 1 fully saturated rings. The molecule has 1 N–H and O–H groups in total. The van der Waals surface area contributed by atoms with E-state index in [1.807, 2.05) is 44.2 Å². The van der Waals surface area contributed by atoms with Gasteiger partial charge in [-0.2, -0.15) is 0 Å². The molecule has 2 aromatic rings. The molecule has 3 rings (SSSR count). The zero-order chi connectivity index (χ0) is 18.7. The van der Waals surface area contributed by atoms with Crippen LogP contribution in [0.15, 0.2) is 30.3 Å². The number of carbonyl (C=O) groups excluding carboxylic acids is 1. The van der Waals surface area contributed by atoms with Crippen molar-refractivity contribution in [1.82, 2.24) is 9.88 Å². The molecule has 140 valence electrons. The Hall–Kier alpha value is -1.58. The fourth-order valence-corrected chi connectivity index (χ4v) is 4.31. The Morgan fingerprint density at radius 2 is 1.85 bits per heavy atom. The molecule has 0 aliphatic heterocycles. The van der Waals surface area contributed by atoms with Crippen LogP contribution < -0.4 is 5.32 Å². The summed E-state index contributed by atoms with van der Waals surface area (Å²) in [6.45, 7) is 6.68.